The van der Waals surface area contributed by atoms with E-state index in [-0.39, 0.29) is 17.6 Å². The number of para-hydroxylation sites is 2. The van der Waals surface area contributed by atoms with Crippen LogP contribution in [0.4, 0.5) is 13.2 Å². The molecule has 1 aliphatic heterocycles. The molecule has 5 nitrogen and oxygen atoms in total. The fraction of sp³-hybridized carbons (Fsp3) is 0.300. The molecule has 0 bridgehead atoms. The first-order valence-electron chi connectivity index (χ1n) is 8.99. The molecule has 2 heterocycles. The van der Waals surface area contributed by atoms with E-state index in [1.807, 2.05) is 24.3 Å². The maximum Gasteiger partial charge on any atom is 0.573 e. The second-order valence-electron chi connectivity index (χ2n) is 6.78. The lowest BCUT2D eigenvalue weighted by atomic mass is 9.95. The van der Waals surface area contributed by atoms with Gasteiger partial charge >= 0.3 is 6.36 Å². The molecule has 1 amide bonds. The molecule has 0 radical (unpaired) electrons. The van der Waals surface area contributed by atoms with Crippen LogP contribution in [0.25, 0.3) is 11.0 Å². The van der Waals surface area contributed by atoms with Gasteiger partial charge in [0, 0.05) is 24.6 Å². The van der Waals surface area contributed by atoms with Gasteiger partial charge in [-0.05, 0) is 49.2 Å². The molecule has 0 unspecified atom stereocenters. The zero-order valence-corrected chi connectivity index (χ0v) is 14.9. The highest BCUT2D eigenvalue weighted by molar-refractivity contribution is 5.94. The fourth-order valence-corrected chi connectivity index (χ4v) is 3.50. The van der Waals surface area contributed by atoms with E-state index in [9.17, 15) is 18.0 Å². The van der Waals surface area contributed by atoms with Crippen LogP contribution in [0.5, 0.6) is 5.75 Å². The summed E-state index contributed by atoms with van der Waals surface area (Å²) in [5, 5.41) is 0. The summed E-state index contributed by atoms with van der Waals surface area (Å²) < 4.78 is 40.5. The molecule has 1 saturated heterocycles. The Labute approximate surface area is 159 Å². The van der Waals surface area contributed by atoms with E-state index in [4.69, 9.17) is 0 Å². The van der Waals surface area contributed by atoms with E-state index in [0.717, 1.165) is 41.8 Å². The van der Waals surface area contributed by atoms with Gasteiger partial charge in [-0.3, -0.25) is 4.79 Å². The number of likely N-dealkylation sites (tertiary alicyclic amines) is 1. The van der Waals surface area contributed by atoms with Gasteiger partial charge in [-0.15, -0.1) is 13.2 Å². The van der Waals surface area contributed by atoms with Crippen molar-refractivity contribution in [2.75, 3.05) is 13.1 Å². The quantitative estimate of drug-likeness (QED) is 0.719. The lowest BCUT2D eigenvalue weighted by Gasteiger charge is -2.31. The molecule has 3 aromatic rings. The number of fused-ring (bicyclic) bond motifs is 1. The first-order chi connectivity index (χ1) is 13.4. The number of nitrogens with zero attached hydrogens (tertiary/aromatic N) is 2. The number of nitrogens with one attached hydrogen (secondary N) is 1. The van der Waals surface area contributed by atoms with Gasteiger partial charge in [0.15, 0.2) is 0 Å². The van der Waals surface area contributed by atoms with E-state index >= 15 is 0 Å². The third-order valence-electron chi connectivity index (χ3n) is 4.91. The zero-order chi connectivity index (χ0) is 19.7. The SMILES string of the molecule is O=C(c1ccc(OC(F)(F)F)cc1)N1CCC(c2nc3ccccc3[nH]2)CC1. The molecule has 8 heteroatoms. The van der Waals surface area contributed by atoms with Crippen molar-refractivity contribution >= 4 is 16.9 Å². The molecule has 1 N–H and O–H groups in total. The van der Waals surface area contributed by atoms with Gasteiger partial charge in [0.1, 0.15) is 11.6 Å². The average Bonchev–Trinajstić information content (AvgIpc) is 3.11. The summed E-state index contributed by atoms with van der Waals surface area (Å²) in [5.74, 6) is 0.648. The minimum Gasteiger partial charge on any atom is -0.406 e. The number of hydrogen-bond acceptors (Lipinski definition) is 3. The summed E-state index contributed by atoms with van der Waals surface area (Å²) in [6.45, 7) is 1.14. The lowest BCUT2D eigenvalue weighted by molar-refractivity contribution is -0.274. The average molecular weight is 389 g/mol. The second-order valence-corrected chi connectivity index (χ2v) is 6.78. The van der Waals surface area contributed by atoms with E-state index < -0.39 is 6.36 Å². The Kier molecular flexibility index (Phi) is 4.70. The van der Waals surface area contributed by atoms with Gasteiger partial charge in [-0.1, -0.05) is 12.1 Å². The molecule has 146 valence electrons. The van der Waals surface area contributed by atoms with Crippen LogP contribution < -0.4 is 4.74 Å². The number of rotatable bonds is 3. The van der Waals surface area contributed by atoms with E-state index in [0.29, 0.717) is 18.7 Å². The highest BCUT2D eigenvalue weighted by Crippen LogP contribution is 2.29. The Morgan fingerprint density at radius 1 is 1.07 bits per heavy atom. The molecule has 2 aromatic carbocycles. The largest absolute Gasteiger partial charge is 0.573 e. The topological polar surface area (TPSA) is 58.2 Å². The number of alkyl halides is 3. The number of carbonyl (C=O) groups excluding carboxylic acids is 1. The van der Waals surface area contributed by atoms with Crippen molar-refractivity contribution in [2.45, 2.75) is 25.1 Å². The highest BCUT2D eigenvalue weighted by Gasteiger charge is 2.31. The third-order valence-corrected chi connectivity index (χ3v) is 4.91. The van der Waals surface area contributed by atoms with Crippen molar-refractivity contribution in [1.29, 1.82) is 0 Å². The summed E-state index contributed by atoms with van der Waals surface area (Å²) in [7, 11) is 0. The summed E-state index contributed by atoms with van der Waals surface area (Å²) in [6, 6.07) is 12.9. The molecule has 1 aliphatic rings. The van der Waals surface area contributed by atoms with E-state index in [1.54, 1.807) is 4.90 Å². The highest BCUT2D eigenvalue weighted by atomic mass is 19.4. The van der Waals surface area contributed by atoms with Gasteiger partial charge < -0.3 is 14.6 Å². The molecular weight excluding hydrogens is 371 g/mol. The first-order valence-corrected chi connectivity index (χ1v) is 8.99. The monoisotopic (exact) mass is 389 g/mol. The third kappa shape index (κ3) is 3.95. The molecular formula is C20H18F3N3O2. The van der Waals surface area contributed by atoms with Gasteiger partial charge in [0.2, 0.25) is 0 Å². The standard InChI is InChI=1S/C20H18F3N3O2/c21-20(22,23)28-15-7-5-14(6-8-15)19(27)26-11-9-13(10-12-26)18-24-16-3-1-2-4-17(16)25-18/h1-8,13H,9-12H2,(H,24,25). The summed E-state index contributed by atoms with van der Waals surface area (Å²) in [6.07, 6.45) is -3.19. The van der Waals surface area contributed by atoms with Crippen LogP contribution in [0, 0.1) is 0 Å². The number of imidazole rings is 1. The van der Waals surface area contributed by atoms with Crippen molar-refractivity contribution in [3.8, 4) is 5.75 Å². The molecule has 1 aromatic heterocycles. The van der Waals surface area contributed by atoms with Crippen molar-refractivity contribution in [2.24, 2.45) is 0 Å². The Balaban J connectivity index is 1.38. The number of amides is 1. The number of carbonyl (C=O) groups is 1. The van der Waals surface area contributed by atoms with Crippen LogP contribution in [0.3, 0.4) is 0 Å². The smallest absolute Gasteiger partial charge is 0.406 e. The van der Waals surface area contributed by atoms with Crippen molar-refractivity contribution in [3.63, 3.8) is 0 Å². The van der Waals surface area contributed by atoms with Crippen LogP contribution in [0.1, 0.15) is 34.9 Å². The zero-order valence-electron chi connectivity index (χ0n) is 14.9. The lowest BCUT2D eigenvalue weighted by Crippen LogP contribution is -2.38. The first kappa shape index (κ1) is 18.3. The van der Waals surface area contributed by atoms with Crippen molar-refractivity contribution in [3.05, 3.63) is 59.9 Å². The van der Waals surface area contributed by atoms with Crippen LogP contribution in [-0.2, 0) is 0 Å². The van der Waals surface area contributed by atoms with E-state index in [1.165, 1.54) is 12.1 Å². The maximum absolute atomic E-state index is 12.6. The molecule has 0 saturated carbocycles. The molecule has 1 fully saturated rings. The molecule has 0 aliphatic carbocycles. The summed E-state index contributed by atoms with van der Waals surface area (Å²) in [5.41, 5.74) is 2.27. The summed E-state index contributed by atoms with van der Waals surface area (Å²) in [4.78, 5) is 22.3. The normalized spacial score (nSPS) is 15.8. The second kappa shape index (κ2) is 7.18. The van der Waals surface area contributed by atoms with Crippen molar-refractivity contribution < 1.29 is 22.7 Å². The van der Waals surface area contributed by atoms with Crippen LogP contribution >= 0.6 is 0 Å². The molecule has 4 rings (SSSR count). The number of aromatic amines is 1. The maximum atomic E-state index is 12.6. The number of halogens is 3. The van der Waals surface area contributed by atoms with Crippen LogP contribution in [-0.4, -0.2) is 40.2 Å². The van der Waals surface area contributed by atoms with Gasteiger partial charge in [-0.25, -0.2) is 4.98 Å². The predicted molar refractivity (Wildman–Crippen MR) is 97.1 cm³/mol. The van der Waals surface area contributed by atoms with Crippen LogP contribution in [0.15, 0.2) is 48.5 Å². The Bertz CT molecular complexity index is 941. The van der Waals surface area contributed by atoms with Gasteiger partial charge in [0.25, 0.3) is 5.91 Å². The number of benzene rings is 2. The Morgan fingerprint density at radius 3 is 2.39 bits per heavy atom. The number of H-pyrrole nitrogens is 1. The number of aromatic nitrogens is 2. The minimum absolute atomic E-state index is 0.193. The Morgan fingerprint density at radius 2 is 1.75 bits per heavy atom. The Hall–Kier alpha value is -3.03. The van der Waals surface area contributed by atoms with E-state index in [2.05, 4.69) is 14.7 Å². The minimum atomic E-state index is -4.75. The predicted octanol–water partition coefficient (Wildman–Crippen LogP) is 4.48. The molecule has 0 spiro atoms. The molecule has 28 heavy (non-hydrogen) atoms. The fourth-order valence-electron chi connectivity index (χ4n) is 3.50. The van der Waals surface area contributed by atoms with Crippen molar-refractivity contribution in [1.82, 2.24) is 14.9 Å². The number of ether oxygens (including phenoxy) is 1. The van der Waals surface area contributed by atoms with Gasteiger partial charge in [0.05, 0.1) is 11.0 Å². The molecule has 0 atom stereocenters. The van der Waals surface area contributed by atoms with Gasteiger partial charge in [-0.2, -0.15) is 0 Å². The summed E-state index contributed by atoms with van der Waals surface area (Å²) >= 11 is 0. The number of hydrogen-bond donors (Lipinski definition) is 1. The van der Waals surface area contributed by atoms with Crippen LogP contribution in [0.2, 0.25) is 0 Å². The number of piperidine rings is 1.